The number of ether oxygens (including phenoxy) is 1. The molecule has 0 atom stereocenters. The molecule has 0 aliphatic carbocycles. The Balaban J connectivity index is 1.59. The predicted octanol–water partition coefficient (Wildman–Crippen LogP) is 3.74. The van der Waals surface area contributed by atoms with Crippen LogP contribution in [0.15, 0.2) is 65.3 Å². The first kappa shape index (κ1) is 16.9. The lowest BCUT2D eigenvalue weighted by molar-refractivity contribution is 0.0962. The summed E-state index contributed by atoms with van der Waals surface area (Å²) >= 11 is 0. The van der Waals surface area contributed by atoms with Gasteiger partial charge in [-0.05, 0) is 48.4 Å². The van der Waals surface area contributed by atoms with E-state index in [0.29, 0.717) is 29.3 Å². The number of nitrogens with one attached hydrogen (secondary N) is 1. The fourth-order valence-electron chi connectivity index (χ4n) is 3.23. The zero-order valence-corrected chi connectivity index (χ0v) is 14.8. The van der Waals surface area contributed by atoms with E-state index in [2.05, 4.69) is 5.32 Å². The minimum Gasteiger partial charge on any atom is -0.496 e. The maximum absolute atomic E-state index is 12.6. The Hall–Kier alpha value is -3.54. The van der Waals surface area contributed by atoms with E-state index in [-0.39, 0.29) is 11.8 Å². The number of anilines is 2. The van der Waals surface area contributed by atoms with Crippen LogP contribution in [0.3, 0.4) is 0 Å². The van der Waals surface area contributed by atoms with Crippen LogP contribution in [0.25, 0.3) is 0 Å². The number of methoxy groups -OCH3 is 1. The van der Waals surface area contributed by atoms with Gasteiger partial charge in [-0.2, -0.15) is 0 Å². The molecule has 1 aromatic heterocycles. The van der Waals surface area contributed by atoms with Crippen LogP contribution in [-0.2, 0) is 6.42 Å². The first-order valence-electron chi connectivity index (χ1n) is 8.60. The molecule has 27 heavy (non-hydrogen) atoms. The molecule has 6 heteroatoms. The van der Waals surface area contributed by atoms with Crippen molar-refractivity contribution in [3.63, 3.8) is 0 Å². The molecule has 2 aromatic carbocycles. The summed E-state index contributed by atoms with van der Waals surface area (Å²) in [6.07, 6.45) is 2.25. The summed E-state index contributed by atoms with van der Waals surface area (Å²) in [5.41, 5.74) is 2.91. The molecule has 2 amide bonds. The smallest absolute Gasteiger partial charge is 0.293 e. The second-order valence-corrected chi connectivity index (χ2v) is 6.18. The average Bonchev–Trinajstić information content (AvgIpc) is 3.37. The van der Waals surface area contributed by atoms with Crippen LogP contribution >= 0.6 is 0 Å². The van der Waals surface area contributed by atoms with E-state index in [4.69, 9.17) is 9.15 Å². The molecule has 0 radical (unpaired) electrons. The number of benzene rings is 2. The van der Waals surface area contributed by atoms with Crippen LogP contribution in [0.2, 0.25) is 0 Å². The molecular formula is C21H18N2O4. The molecule has 0 saturated heterocycles. The number of hydrogen-bond acceptors (Lipinski definition) is 4. The molecule has 0 bridgehead atoms. The van der Waals surface area contributed by atoms with Crippen molar-refractivity contribution in [3.05, 3.63) is 77.7 Å². The van der Waals surface area contributed by atoms with E-state index < -0.39 is 0 Å². The highest BCUT2D eigenvalue weighted by molar-refractivity contribution is 6.08. The van der Waals surface area contributed by atoms with E-state index in [0.717, 1.165) is 17.7 Å². The normalized spacial score (nSPS) is 12.6. The molecule has 2 heterocycles. The van der Waals surface area contributed by atoms with Crippen LogP contribution < -0.4 is 15.0 Å². The van der Waals surface area contributed by atoms with Crippen LogP contribution in [0, 0.1) is 0 Å². The van der Waals surface area contributed by atoms with Crippen LogP contribution in [0.5, 0.6) is 5.75 Å². The third-order valence-electron chi connectivity index (χ3n) is 4.57. The molecule has 6 nitrogen and oxygen atoms in total. The number of carbonyl (C=O) groups is 2. The molecule has 3 aromatic rings. The maximum Gasteiger partial charge on any atom is 0.293 e. The van der Waals surface area contributed by atoms with Crippen LogP contribution in [0.1, 0.15) is 26.5 Å². The number of hydrogen-bond donors (Lipinski definition) is 1. The van der Waals surface area contributed by atoms with Crippen LogP contribution in [-0.4, -0.2) is 25.5 Å². The number of para-hydroxylation sites is 1. The van der Waals surface area contributed by atoms with Gasteiger partial charge in [0.25, 0.3) is 11.8 Å². The van der Waals surface area contributed by atoms with Crippen LogP contribution in [0.4, 0.5) is 11.4 Å². The van der Waals surface area contributed by atoms with E-state index in [1.54, 1.807) is 35.2 Å². The molecule has 0 spiro atoms. The zero-order chi connectivity index (χ0) is 18.8. The summed E-state index contributed by atoms with van der Waals surface area (Å²) < 4.78 is 10.5. The summed E-state index contributed by atoms with van der Waals surface area (Å²) in [5, 5.41) is 2.88. The van der Waals surface area contributed by atoms with Gasteiger partial charge in [0.15, 0.2) is 5.76 Å². The highest BCUT2D eigenvalue weighted by Gasteiger charge is 2.27. The fraction of sp³-hybridized carbons (Fsp3) is 0.143. The van der Waals surface area contributed by atoms with Gasteiger partial charge in [-0.25, -0.2) is 0 Å². The Morgan fingerprint density at radius 1 is 1.11 bits per heavy atom. The highest BCUT2D eigenvalue weighted by atomic mass is 16.5. The van der Waals surface area contributed by atoms with Gasteiger partial charge in [0.2, 0.25) is 0 Å². The Morgan fingerprint density at radius 2 is 1.96 bits per heavy atom. The van der Waals surface area contributed by atoms with Crippen molar-refractivity contribution in [2.24, 2.45) is 0 Å². The van der Waals surface area contributed by atoms with Crippen molar-refractivity contribution < 1.29 is 18.7 Å². The molecule has 0 unspecified atom stereocenters. The number of amides is 2. The Kier molecular flexibility index (Phi) is 4.38. The Labute approximate surface area is 156 Å². The summed E-state index contributed by atoms with van der Waals surface area (Å²) in [6, 6.07) is 16.0. The number of nitrogens with zero attached hydrogens (tertiary/aromatic N) is 1. The molecule has 0 saturated carbocycles. The van der Waals surface area contributed by atoms with Gasteiger partial charge < -0.3 is 19.4 Å². The van der Waals surface area contributed by atoms with Gasteiger partial charge in [-0.1, -0.05) is 18.2 Å². The molecule has 0 fully saturated rings. The van der Waals surface area contributed by atoms with E-state index in [1.165, 1.54) is 13.4 Å². The van der Waals surface area contributed by atoms with E-state index in [9.17, 15) is 9.59 Å². The van der Waals surface area contributed by atoms with Crippen molar-refractivity contribution in [1.29, 1.82) is 0 Å². The molecule has 4 rings (SSSR count). The molecular weight excluding hydrogens is 344 g/mol. The lowest BCUT2D eigenvalue weighted by Crippen LogP contribution is -2.28. The largest absolute Gasteiger partial charge is 0.496 e. The minimum absolute atomic E-state index is 0.188. The number of fused-ring (bicyclic) bond motifs is 1. The SMILES string of the molecule is COc1ccccc1C(=O)Nc1ccc2c(c1)N(C(=O)c1ccco1)CC2. The topological polar surface area (TPSA) is 71.8 Å². The zero-order valence-electron chi connectivity index (χ0n) is 14.8. The Morgan fingerprint density at radius 3 is 2.74 bits per heavy atom. The second kappa shape index (κ2) is 6.99. The third-order valence-corrected chi connectivity index (χ3v) is 4.57. The quantitative estimate of drug-likeness (QED) is 0.767. The summed E-state index contributed by atoms with van der Waals surface area (Å²) in [4.78, 5) is 26.9. The van der Waals surface area contributed by atoms with Gasteiger partial charge in [0, 0.05) is 17.9 Å². The monoisotopic (exact) mass is 362 g/mol. The minimum atomic E-state index is -0.269. The van der Waals surface area contributed by atoms with Crippen molar-refractivity contribution >= 4 is 23.2 Å². The fourth-order valence-corrected chi connectivity index (χ4v) is 3.23. The van der Waals surface area contributed by atoms with Gasteiger partial charge in [-0.15, -0.1) is 0 Å². The van der Waals surface area contributed by atoms with Crippen molar-refractivity contribution in [2.45, 2.75) is 6.42 Å². The Bertz CT molecular complexity index is 995. The molecule has 1 aliphatic rings. The summed E-state index contributed by atoms with van der Waals surface area (Å²) in [7, 11) is 1.53. The second-order valence-electron chi connectivity index (χ2n) is 6.18. The average molecular weight is 362 g/mol. The van der Waals surface area contributed by atoms with Gasteiger partial charge in [0.1, 0.15) is 5.75 Å². The predicted molar refractivity (Wildman–Crippen MR) is 101 cm³/mol. The third kappa shape index (κ3) is 3.17. The first-order chi connectivity index (χ1) is 13.2. The number of carbonyl (C=O) groups excluding carboxylic acids is 2. The molecule has 136 valence electrons. The molecule has 1 N–H and O–H groups in total. The lowest BCUT2D eigenvalue weighted by atomic mass is 10.1. The van der Waals surface area contributed by atoms with Gasteiger partial charge in [-0.3, -0.25) is 9.59 Å². The van der Waals surface area contributed by atoms with Crippen molar-refractivity contribution in [2.75, 3.05) is 23.9 Å². The standard InChI is InChI=1S/C21H18N2O4/c1-26-18-6-3-2-5-16(18)20(24)22-15-9-8-14-10-11-23(17(14)13-15)21(25)19-7-4-12-27-19/h2-9,12-13H,10-11H2,1H3,(H,22,24). The number of rotatable bonds is 4. The van der Waals surface area contributed by atoms with Crippen molar-refractivity contribution in [3.8, 4) is 5.75 Å². The first-order valence-corrected chi connectivity index (χ1v) is 8.60. The summed E-state index contributed by atoms with van der Waals surface area (Å²) in [6.45, 7) is 0.582. The van der Waals surface area contributed by atoms with E-state index in [1.807, 2.05) is 24.3 Å². The highest BCUT2D eigenvalue weighted by Crippen LogP contribution is 2.32. The lowest BCUT2D eigenvalue weighted by Gasteiger charge is -2.17. The van der Waals surface area contributed by atoms with Gasteiger partial charge >= 0.3 is 0 Å². The summed E-state index contributed by atoms with van der Waals surface area (Å²) in [5.74, 6) is 0.346. The van der Waals surface area contributed by atoms with E-state index >= 15 is 0 Å². The molecule has 1 aliphatic heterocycles. The van der Waals surface area contributed by atoms with Gasteiger partial charge in [0.05, 0.1) is 18.9 Å². The maximum atomic E-state index is 12.6. The number of furan rings is 1. The van der Waals surface area contributed by atoms with Crippen molar-refractivity contribution in [1.82, 2.24) is 0 Å².